The fraction of sp³-hybridized carbons (Fsp3) is 0.0714. The van der Waals surface area contributed by atoms with Gasteiger partial charge in [0.05, 0.1) is 16.1 Å². The van der Waals surface area contributed by atoms with Crippen molar-refractivity contribution >= 4 is 32.7 Å². The van der Waals surface area contributed by atoms with Crippen molar-refractivity contribution in [1.82, 2.24) is 9.97 Å². The summed E-state index contributed by atoms with van der Waals surface area (Å²) in [5.41, 5.74) is 2.31. The molecule has 3 aromatic rings. The van der Waals surface area contributed by atoms with E-state index in [0.717, 1.165) is 11.4 Å². The van der Waals surface area contributed by atoms with Gasteiger partial charge in [0, 0.05) is 6.42 Å². The molecule has 0 unspecified atom stereocenters. The second-order valence-corrected chi connectivity index (χ2v) is 6.63. The number of sulfonamides is 1. The van der Waals surface area contributed by atoms with Gasteiger partial charge in [0.15, 0.2) is 0 Å². The van der Waals surface area contributed by atoms with Gasteiger partial charge in [0.1, 0.15) is 10.7 Å². The van der Waals surface area contributed by atoms with Crippen LogP contribution in [0.4, 0.5) is 0 Å². The van der Waals surface area contributed by atoms with Crippen molar-refractivity contribution in [2.45, 2.75) is 11.3 Å². The average Bonchev–Trinajstić information content (AvgIpc) is 2.79. The largest absolute Gasteiger partial charge is 0.342 e. The Bertz CT molecular complexity index is 905. The molecular formula is C14H12ClN3O2S. The van der Waals surface area contributed by atoms with Crippen molar-refractivity contribution < 1.29 is 8.42 Å². The van der Waals surface area contributed by atoms with Crippen LogP contribution in [0.2, 0.25) is 5.02 Å². The van der Waals surface area contributed by atoms with E-state index in [-0.39, 0.29) is 9.92 Å². The zero-order chi connectivity index (χ0) is 15.0. The summed E-state index contributed by atoms with van der Waals surface area (Å²) >= 11 is 5.94. The van der Waals surface area contributed by atoms with Crippen LogP contribution >= 0.6 is 11.6 Å². The van der Waals surface area contributed by atoms with Crippen molar-refractivity contribution in [3.8, 4) is 0 Å². The van der Waals surface area contributed by atoms with Gasteiger partial charge in [-0.15, -0.1) is 0 Å². The standard InChI is InChI=1S/C14H12ClN3O2S/c15-10-7-11-12(8-13(10)21(16,19)20)18-14(17-11)6-9-4-2-1-3-5-9/h1-5,7-8H,6H2,(H,17,18)(H2,16,19,20). The van der Waals surface area contributed by atoms with Crippen LogP contribution in [0.25, 0.3) is 11.0 Å². The van der Waals surface area contributed by atoms with Crippen LogP contribution in [-0.4, -0.2) is 18.4 Å². The van der Waals surface area contributed by atoms with Crippen LogP contribution in [0.3, 0.4) is 0 Å². The number of rotatable bonds is 3. The van der Waals surface area contributed by atoms with Crippen molar-refractivity contribution in [1.29, 1.82) is 0 Å². The minimum Gasteiger partial charge on any atom is -0.342 e. The van der Waals surface area contributed by atoms with Crippen LogP contribution in [0.1, 0.15) is 11.4 Å². The van der Waals surface area contributed by atoms with Gasteiger partial charge >= 0.3 is 0 Å². The molecule has 0 aliphatic rings. The molecule has 0 spiro atoms. The summed E-state index contributed by atoms with van der Waals surface area (Å²) < 4.78 is 22.9. The highest BCUT2D eigenvalue weighted by Gasteiger charge is 2.16. The fourth-order valence-corrected chi connectivity index (χ4v) is 3.25. The number of hydrogen-bond acceptors (Lipinski definition) is 3. The maximum atomic E-state index is 11.5. The first-order valence-corrected chi connectivity index (χ1v) is 8.11. The van der Waals surface area contributed by atoms with Gasteiger partial charge in [-0.2, -0.15) is 0 Å². The molecule has 108 valence electrons. The molecule has 2 aromatic carbocycles. The van der Waals surface area contributed by atoms with Gasteiger partial charge in [-0.05, 0) is 17.7 Å². The van der Waals surface area contributed by atoms with Crippen molar-refractivity contribution in [2.75, 3.05) is 0 Å². The molecule has 3 N–H and O–H groups in total. The molecule has 0 saturated carbocycles. The molecule has 0 amide bonds. The smallest absolute Gasteiger partial charge is 0.239 e. The molecule has 0 atom stereocenters. The van der Waals surface area contributed by atoms with E-state index in [0.29, 0.717) is 17.5 Å². The lowest BCUT2D eigenvalue weighted by atomic mass is 10.1. The summed E-state index contributed by atoms with van der Waals surface area (Å²) in [6.45, 7) is 0. The Morgan fingerprint density at radius 1 is 1.19 bits per heavy atom. The summed E-state index contributed by atoms with van der Waals surface area (Å²) in [6.07, 6.45) is 0.623. The number of nitrogens with one attached hydrogen (secondary N) is 1. The highest BCUT2D eigenvalue weighted by Crippen LogP contribution is 2.26. The van der Waals surface area contributed by atoms with Gasteiger partial charge < -0.3 is 4.98 Å². The zero-order valence-electron chi connectivity index (χ0n) is 10.9. The number of primary sulfonamides is 1. The van der Waals surface area contributed by atoms with E-state index in [1.54, 1.807) is 0 Å². The van der Waals surface area contributed by atoms with Crippen LogP contribution in [0, 0.1) is 0 Å². The highest BCUT2D eigenvalue weighted by atomic mass is 35.5. The first-order valence-electron chi connectivity index (χ1n) is 6.18. The third kappa shape index (κ3) is 2.92. The molecule has 1 heterocycles. The van der Waals surface area contributed by atoms with Gasteiger partial charge in [-0.1, -0.05) is 41.9 Å². The predicted molar refractivity (Wildman–Crippen MR) is 81.7 cm³/mol. The number of benzene rings is 2. The summed E-state index contributed by atoms with van der Waals surface area (Å²) in [5.74, 6) is 0.735. The lowest BCUT2D eigenvalue weighted by molar-refractivity contribution is 0.598. The normalized spacial score (nSPS) is 11.9. The van der Waals surface area contributed by atoms with Gasteiger partial charge in [-0.3, -0.25) is 0 Å². The topological polar surface area (TPSA) is 88.8 Å². The van der Waals surface area contributed by atoms with Crippen molar-refractivity contribution in [2.24, 2.45) is 5.14 Å². The van der Waals surface area contributed by atoms with E-state index >= 15 is 0 Å². The summed E-state index contributed by atoms with van der Waals surface area (Å²) in [6, 6.07) is 12.8. The average molecular weight is 322 g/mol. The first kappa shape index (κ1) is 14.1. The molecule has 5 nitrogen and oxygen atoms in total. The second-order valence-electron chi connectivity index (χ2n) is 4.69. The quantitative estimate of drug-likeness (QED) is 0.776. The van der Waals surface area contributed by atoms with Gasteiger partial charge in [0.25, 0.3) is 0 Å². The summed E-state index contributed by atoms with van der Waals surface area (Å²) in [4.78, 5) is 7.41. The Hall–Kier alpha value is -1.89. The summed E-state index contributed by atoms with van der Waals surface area (Å²) in [7, 11) is -3.85. The Balaban J connectivity index is 2.05. The molecule has 0 radical (unpaired) electrons. The van der Waals surface area contributed by atoms with Crippen LogP contribution < -0.4 is 5.14 Å². The summed E-state index contributed by atoms with van der Waals surface area (Å²) in [5, 5.41) is 5.20. The molecule has 7 heteroatoms. The minimum absolute atomic E-state index is 0.0720. The lowest BCUT2D eigenvalue weighted by Crippen LogP contribution is -2.12. The maximum Gasteiger partial charge on any atom is 0.239 e. The molecular weight excluding hydrogens is 310 g/mol. The van der Waals surface area contributed by atoms with Crippen molar-refractivity contribution in [3.63, 3.8) is 0 Å². The molecule has 0 aliphatic heterocycles. The van der Waals surface area contributed by atoms with E-state index in [1.807, 2.05) is 30.3 Å². The first-order chi connectivity index (χ1) is 9.93. The molecule has 21 heavy (non-hydrogen) atoms. The van der Waals surface area contributed by atoms with E-state index in [4.69, 9.17) is 16.7 Å². The number of H-pyrrole nitrogens is 1. The Morgan fingerprint density at radius 3 is 2.57 bits per heavy atom. The van der Waals surface area contributed by atoms with Crippen LogP contribution in [0.5, 0.6) is 0 Å². The number of nitrogens with two attached hydrogens (primary N) is 1. The molecule has 0 aliphatic carbocycles. The molecule has 1 aromatic heterocycles. The third-order valence-electron chi connectivity index (χ3n) is 3.11. The number of halogens is 1. The van der Waals surface area contributed by atoms with Crippen LogP contribution in [0.15, 0.2) is 47.4 Å². The molecule has 0 fully saturated rings. The Labute approximate surface area is 126 Å². The monoisotopic (exact) mass is 321 g/mol. The number of imidazole rings is 1. The minimum atomic E-state index is -3.85. The molecule has 0 saturated heterocycles. The van der Waals surface area contributed by atoms with E-state index in [1.165, 1.54) is 12.1 Å². The lowest BCUT2D eigenvalue weighted by Gasteiger charge is -2.00. The third-order valence-corrected chi connectivity index (χ3v) is 4.48. The van der Waals surface area contributed by atoms with Crippen LogP contribution in [-0.2, 0) is 16.4 Å². The zero-order valence-corrected chi connectivity index (χ0v) is 12.4. The Morgan fingerprint density at radius 2 is 1.90 bits per heavy atom. The maximum absolute atomic E-state index is 11.5. The fourth-order valence-electron chi connectivity index (χ4n) is 2.16. The van der Waals surface area contributed by atoms with E-state index in [9.17, 15) is 8.42 Å². The van der Waals surface area contributed by atoms with E-state index in [2.05, 4.69) is 9.97 Å². The van der Waals surface area contributed by atoms with Crippen molar-refractivity contribution in [3.05, 3.63) is 58.9 Å². The number of aromatic amines is 1. The molecule has 3 rings (SSSR count). The number of aromatic nitrogens is 2. The molecule has 0 bridgehead atoms. The predicted octanol–water partition coefficient (Wildman–Crippen LogP) is 2.45. The SMILES string of the molecule is NS(=O)(=O)c1cc2[nH]c(Cc3ccccc3)nc2cc1Cl. The second kappa shape index (κ2) is 5.14. The highest BCUT2D eigenvalue weighted by molar-refractivity contribution is 7.89. The van der Waals surface area contributed by atoms with Gasteiger partial charge in [-0.25, -0.2) is 18.5 Å². The van der Waals surface area contributed by atoms with E-state index < -0.39 is 10.0 Å². The number of nitrogens with zero attached hydrogens (tertiary/aromatic N) is 1. The number of hydrogen-bond donors (Lipinski definition) is 2. The van der Waals surface area contributed by atoms with Gasteiger partial charge in [0.2, 0.25) is 10.0 Å². The number of fused-ring (bicyclic) bond motifs is 1. The Kier molecular flexibility index (Phi) is 3.44.